The number of benzene rings is 3. The Kier molecular flexibility index (Phi) is 7.51. The Morgan fingerprint density at radius 1 is 0.784 bits per heavy atom. The number of carboxylic acids is 1. The lowest BCUT2D eigenvalue weighted by Crippen LogP contribution is -2.09. The lowest BCUT2D eigenvalue weighted by Gasteiger charge is -2.17. The molecule has 0 bridgehead atoms. The maximum atomic E-state index is 10.8. The van der Waals surface area contributed by atoms with Crippen molar-refractivity contribution in [1.82, 2.24) is 9.13 Å². The molecule has 5 rings (SSSR count). The monoisotopic (exact) mass is 490 g/mol. The summed E-state index contributed by atoms with van der Waals surface area (Å²) in [6.45, 7) is 0.543. The van der Waals surface area contributed by atoms with Gasteiger partial charge in [0.25, 0.3) is 0 Å². The first-order chi connectivity index (χ1) is 18.2. The second-order valence-electron chi connectivity index (χ2n) is 9.10. The van der Waals surface area contributed by atoms with Crippen LogP contribution in [0.5, 0.6) is 5.75 Å². The van der Waals surface area contributed by atoms with Crippen molar-refractivity contribution in [2.24, 2.45) is 0 Å². The van der Waals surface area contributed by atoms with Gasteiger partial charge in [0.2, 0.25) is 0 Å². The van der Waals surface area contributed by atoms with Gasteiger partial charge < -0.3 is 19.0 Å². The molecule has 0 radical (unpaired) electrons. The van der Waals surface area contributed by atoms with Gasteiger partial charge in [0, 0.05) is 31.1 Å². The van der Waals surface area contributed by atoms with Gasteiger partial charge in [0.1, 0.15) is 11.6 Å². The molecular weight excluding hydrogens is 460 g/mol. The molecule has 0 spiro atoms. The number of carbonyl (C=O) groups is 1. The van der Waals surface area contributed by atoms with Crippen LogP contribution in [0.3, 0.4) is 0 Å². The zero-order valence-electron chi connectivity index (χ0n) is 20.6. The molecule has 5 nitrogen and oxygen atoms in total. The lowest BCUT2D eigenvalue weighted by atomic mass is 9.87. The Hall–Kier alpha value is -4.51. The van der Waals surface area contributed by atoms with Gasteiger partial charge in [-0.25, -0.2) is 4.79 Å². The summed E-state index contributed by atoms with van der Waals surface area (Å²) in [7, 11) is 0. The molecule has 2 aromatic heterocycles. The summed E-state index contributed by atoms with van der Waals surface area (Å²) >= 11 is 0. The maximum absolute atomic E-state index is 10.8. The summed E-state index contributed by atoms with van der Waals surface area (Å²) in [5.74, 6) is 0.915. The average Bonchev–Trinajstić information content (AvgIpc) is 3.59. The fraction of sp³-hybridized carbons (Fsp3) is 0.156. The summed E-state index contributed by atoms with van der Waals surface area (Å²) < 4.78 is 9.79. The highest BCUT2D eigenvalue weighted by atomic mass is 16.5. The summed E-state index contributed by atoms with van der Waals surface area (Å²) in [4.78, 5) is 10.8. The van der Waals surface area contributed by atoms with Gasteiger partial charge in [0.15, 0.2) is 6.61 Å². The maximum Gasteiger partial charge on any atom is 0.341 e. The van der Waals surface area contributed by atoms with Gasteiger partial charge in [-0.05, 0) is 65.4 Å². The normalized spacial score (nSPS) is 11.1. The van der Waals surface area contributed by atoms with Crippen LogP contribution in [-0.2, 0) is 17.8 Å². The number of aryl methyl sites for hydroxylation is 2. The second kappa shape index (κ2) is 11.5. The van der Waals surface area contributed by atoms with E-state index in [1.165, 1.54) is 16.7 Å². The molecule has 186 valence electrons. The molecule has 0 saturated carbocycles. The molecule has 37 heavy (non-hydrogen) atoms. The second-order valence-corrected chi connectivity index (χ2v) is 9.10. The smallest absolute Gasteiger partial charge is 0.341 e. The van der Waals surface area contributed by atoms with Crippen LogP contribution < -0.4 is 4.74 Å². The Labute approximate surface area is 217 Å². The van der Waals surface area contributed by atoms with E-state index < -0.39 is 5.97 Å². The van der Waals surface area contributed by atoms with E-state index in [4.69, 9.17) is 9.84 Å². The highest BCUT2D eigenvalue weighted by molar-refractivity contribution is 5.68. The Morgan fingerprint density at radius 3 is 2.22 bits per heavy atom. The molecular formula is C32H30N2O3. The third-order valence-electron chi connectivity index (χ3n) is 6.51. The van der Waals surface area contributed by atoms with E-state index in [1.54, 1.807) is 6.07 Å². The molecule has 0 amide bonds. The molecule has 0 fully saturated rings. The molecule has 2 heterocycles. The summed E-state index contributed by atoms with van der Waals surface area (Å²) in [6.07, 6.45) is 8.33. The fourth-order valence-electron chi connectivity index (χ4n) is 4.81. The summed E-state index contributed by atoms with van der Waals surface area (Å²) in [5, 5.41) is 8.83. The molecule has 0 atom stereocenters. The van der Waals surface area contributed by atoms with Crippen molar-refractivity contribution in [3.63, 3.8) is 0 Å². The first kappa shape index (κ1) is 24.2. The van der Waals surface area contributed by atoms with Crippen molar-refractivity contribution in [2.45, 2.75) is 25.3 Å². The fourth-order valence-corrected chi connectivity index (χ4v) is 4.81. The van der Waals surface area contributed by atoms with E-state index >= 15 is 0 Å². The van der Waals surface area contributed by atoms with Crippen LogP contribution >= 0.6 is 0 Å². The van der Waals surface area contributed by atoms with E-state index in [0.29, 0.717) is 5.75 Å². The Morgan fingerprint density at radius 2 is 1.51 bits per heavy atom. The molecule has 1 N–H and O–H groups in total. The number of aromatic nitrogens is 2. The van der Waals surface area contributed by atoms with Crippen molar-refractivity contribution >= 4 is 5.97 Å². The lowest BCUT2D eigenvalue weighted by molar-refractivity contribution is -0.139. The Bertz CT molecular complexity index is 1400. The van der Waals surface area contributed by atoms with Crippen LogP contribution in [0.15, 0.2) is 122 Å². The van der Waals surface area contributed by atoms with Crippen molar-refractivity contribution in [2.75, 3.05) is 6.61 Å². The molecule has 0 aliphatic heterocycles. The number of hydrogen-bond donors (Lipinski definition) is 1. The highest BCUT2D eigenvalue weighted by Gasteiger charge is 2.18. The van der Waals surface area contributed by atoms with Crippen LogP contribution in [0.4, 0.5) is 0 Å². The van der Waals surface area contributed by atoms with Crippen LogP contribution in [0.25, 0.3) is 5.82 Å². The third kappa shape index (κ3) is 6.01. The van der Waals surface area contributed by atoms with Crippen molar-refractivity contribution in [3.05, 3.63) is 144 Å². The zero-order chi connectivity index (χ0) is 25.5. The molecule has 0 unspecified atom stereocenters. The van der Waals surface area contributed by atoms with Crippen molar-refractivity contribution < 1.29 is 14.6 Å². The largest absolute Gasteiger partial charge is 0.482 e. The predicted octanol–water partition coefficient (Wildman–Crippen LogP) is 6.56. The van der Waals surface area contributed by atoms with Crippen LogP contribution in [0.2, 0.25) is 0 Å². The molecule has 5 heteroatoms. The van der Waals surface area contributed by atoms with Gasteiger partial charge in [-0.1, -0.05) is 72.8 Å². The summed E-state index contributed by atoms with van der Waals surface area (Å²) in [5.41, 5.74) is 4.93. The molecule has 0 saturated heterocycles. The number of rotatable bonds is 11. The Balaban J connectivity index is 1.30. The van der Waals surface area contributed by atoms with Gasteiger partial charge in [-0.2, -0.15) is 0 Å². The number of ether oxygens (including phenoxy) is 1. The van der Waals surface area contributed by atoms with E-state index in [0.717, 1.165) is 30.8 Å². The van der Waals surface area contributed by atoms with Crippen molar-refractivity contribution in [1.29, 1.82) is 0 Å². The number of hydrogen-bond acceptors (Lipinski definition) is 2. The topological polar surface area (TPSA) is 56.4 Å². The van der Waals surface area contributed by atoms with Crippen LogP contribution in [-0.4, -0.2) is 26.8 Å². The quantitative estimate of drug-likeness (QED) is 0.228. The van der Waals surface area contributed by atoms with E-state index in [2.05, 4.69) is 113 Å². The third-order valence-corrected chi connectivity index (χ3v) is 6.51. The molecule has 3 aromatic carbocycles. The van der Waals surface area contributed by atoms with E-state index in [1.807, 2.05) is 12.1 Å². The van der Waals surface area contributed by atoms with Crippen LogP contribution in [0.1, 0.15) is 34.6 Å². The number of carboxylic acid groups (broad SMARTS) is 1. The SMILES string of the molecule is O=C(O)COc1cccc(CCCn2cccc2-n2ccc(C(c3ccccc3)c3ccccc3)c2)c1. The van der Waals surface area contributed by atoms with Crippen molar-refractivity contribution in [3.8, 4) is 11.6 Å². The minimum atomic E-state index is -0.974. The van der Waals surface area contributed by atoms with E-state index in [-0.39, 0.29) is 12.5 Å². The van der Waals surface area contributed by atoms with Gasteiger partial charge >= 0.3 is 5.97 Å². The average molecular weight is 491 g/mol. The highest BCUT2D eigenvalue weighted by Crippen LogP contribution is 2.32. The van der Waals surface area contributed by atoms with Gasteiger partial charge in [-0.3, -0.25) is 0 Å². The molecule has 5 aromatic rings. The predicted molar refractivity (Wildman–Crippen MR) is 145 cm³/mol. The van der Waals surface area contributed by atoms with Gasteiger partial charge in [-0.15, -0.1) is 0 Å². The molecule has 0 aliphatic rings. The number of nitrogens with zero attached hydrogens (tertiary/aromatic N) is 2. The standard InChI is InChI=1S/C32H30N2O3/c35-31(36)24-37-29-16-7-10-25(22-29)11-8-19-33-20-9-17-30(33)34-21-18-28(23-34)32(26-12-3-1-4-13-26)27-14-5-2-6-15-27/h1-7,9-10,12-18,20-23,32H,8,11,19,24H2,(H,35,36). The summed E-state index contributed by atoms with van der Waals surface area (Å²) in [6, 6.07) is 35.4. The first-order valence-electron chi connectivity index (χ1n) is 12.5. The number of aliphatic carboxylic acids is 1. The minimum Gasteiger partial charge on any atom is -0.482 e. The molecule has 0 aliphatic carbocycles. The van der Waals surface area contributed by atoms with Gasteiger partial charge in [0.05, 0.1) is 0 Å². The van der Waals surface area contributed by atoms with E-state index in [9.17, 15) is 4.79 Å². The first-order valence-corrected chi connectivity index (χ1v) is 12.5. The zero-order valence-corrected chi connectivity index (χ0v) is 20.6. The minimum absolute atomic E-state index is 0.169. The van der Waals surface area contributed by atoms with Crippen LogP contribution in [0, 0.1) is 0 Å².